The molecule has 0 saturated heterocycles. The number of rotatable bonds is 2. The van der Waals surface area contributed by atoms with Crippen molar-refractivity contribution in [3.63, 3.8) is 0 Å². The minimum Gasteiger partial charge on any atom is -0.392 e. The molecule has 1 saturated carbocycles. The minimum atomic E-state index is -3.65. The highest BCUT2D eigenvalue weighted by Gasteiger charge is 2.34. The number of hydrogen-bond donors (Lipinski definition) is 1. The summed E-state index contributed by atoms with van der Waals surface area (Å²) in [6.45, 7) is 0. The van der Waals surface area contributed by atoms with Gasteiger partial charge in [0.15, 0.2) is 9.84 Å². The summed E-state index contributed by atoms with van der Waals surface area (Å²) in [6, 6.07) is 5.00. The largest absolute Gasteiger partial charge is 0.392 e. The maximum atomic E-state index is 13.1. The van der Waals surface area contributed by atoms with Gasteiger partial charge in [0.25, 0.3) is 0 Å². The minimum absolute atomic E-state index is 0.0338. The molecule has 0 heterocycles. The van der Waals surface area contributed by atoms with Crippen molar-refractivity contribution in [3.8, 4) is 0 Å². The van der Waals surface area contributed by atoms with Gasteiger partial charge in [-0.15, -0.1) is 0 Å². The van der Waals surface area contributed by atoms with Crippen LogP contribution in [0.5, 0.6) is 0 Å². The van der Waals surface area contributed by atoms with Gasteiger partial charge in [0.05, 0.1) is 16.2 Å². The number of sulfone groups is 1. The van der Waals surface area contributed by atoms with E-state index in [1.54, 1.807) is 0 Å². The van der Waals surface area contributed by atoms with Crippen molar-refractivity contribution in [2.24, 2.45) is 0 Å². The van der Waals surface area contributed by atoms with Crippen molar-refractivity contribution >= 4 is 9.84 Å². The van der Waals surface area contributed by atoms with Crippen LogP contribution in [0.3, 0.4) is 0 Å². The summed E-state index contributed by atoms with van der Waals surface area (Å²) in [6.07, 6.45) is 2.67. The van der Waals surface area contributed by atoms with Crippen LogP contribution in [0, 0.1) is 5.82 Å². The zero-order valence-corrected chi connectivity index (χ0v) is 10.9. The first-order chi connectivity index (χ1) is 8.51. The number of halogens is 1. The fraction of sp³-hybridized carbons (Fsp3) is 0.538. The molecule has 3 nitrogen and oxygen atoms in total. The quantitative estimate of drug-likeness (QED) is 0.840. The van der Waals surface area contributed by atoms with Crippen LogP contribution < -0.4 is 0 Å². The Morgan fingerprint density at radius 1 is 1.17 bits per heavy atom. The Hall–Kier alpha value is -0.940. The Morgan fingerprint density at radius 3 is 2.61 bits per heavy atom. The third-order valence-corrected chi connectivity index (χ3v) is 5.70. The van der Waals surface area contributed by atoms with Gasteiger partial charge in [-0.05, 0) is 31.0 Å². The predicted octanol–water partition coefficient (Wildman–Crippen LogP) is 2.29. The molecule has 1 aromatic rings. The first-order valence-electron chi connectivity index (χ1n) is 6.19. The van der Waals surface area contributed by atoms with Crippen LogP contribution in [0.15, 0.2) is 29.2 Å². The van der Waals surface area contributed by atoms with Gasteiger partial charge in [0.1, 0.15) is 5.82 Å². The Morgan fingerprint density at radius 2 is 1.89 bits per heavy atom. The number of aliphatic hydroxyl groups excluding tert-OH is 1. The monoisotopic (exact) mass is 272 g/mol. The predicted molar refractivity (Wildman–Crippen MR) is 66.5 cm³/mol. The van der Waals surface area contributed by atoms with Crippen molar-refractivity contribution in [2.75, 3.05) is 0 Å². The zero-order chi connectivity index (χ0) is 13.2. The molecule has 1 aliphatic rings. The van der Waals surface area contributed by atoms with Gasteiger partial charge >= 0.3 is 0 Å². The van der Waals surface area contributed by atoms with E-state index in [0.29, 0.717) is 12.8 Å². The summed E-state index contributed by atoms with van der Waals surface area (Å²) in [5.41, 5.74) is 0. The Bertz CT molecular complexity index is 513. The maximum absolute atomic E-state index is 13.1. The number of benzene rings is 1. The van der Waals surface area contributed by atoms with E-state index in [-0.39, 0.29) is 4.90 Å². The fourth-order valence-electron chi connectivity index (χ4n) is 2.43. The van der Waals surface area contributed by atoms with Gasteiger partial charge in [0, 0.05) is 0 Å². The van der Waals surface area contributed by atoms with E-state index in [1.165, 1.54) is 18.2 Å². The second-order valence-corrected chi connectivity index (χ2v) is 6.91. The van der Waals surface area contributed by atoms with Gasteiger partial charge < -0.3 is 5.11 Å². The molecule has 0 amide bonds. The summed E-state index contributed by atoms with van der Waals surface area (Å²) in [5, 5.41) is 9.14. The molecule has 100 valence electrons. The van der Waals surface area contributed by atoms with Crippen molar-refractivity contribution in [1.82, 2.24) is 0 Å². The highest BCUT2D eigenvalue weighted by atomic mass is 32.2. The summed E-state index contributed by atoms with van der Waals surface area (Å²) < 4.78 is 37.9. The molecular weight excluding hydrogens is 255 g/mol. The topological polar surface area (TPSA) is 54.4 Å². The molecule has 5 heteroatoms. The average Bonchev–Trinajstić information content (AvgIpc) is 2.54. The number of hydrogen-bond acceptors (Lipinski definition) is 3. The van der Waals surface area contributed by atoms with Gasteiger partial charge in [-0.2, -0.15) is 0 Å². The lowest BCUT2D eigenvalue weighted by atomic mass is 10.1. The molecule has 1 fully saturated rings. The van der Waals surface area contributed by atoms with Gasteiger partial charge in [-0.3, -0.25) is 0 Å². The summed E-state index contributed by atoms with van der Waals surface area (Å²) >= 11 is 0. The van der Waals surface area contributed by atoms with E-state index in [1.807, 2.05) is 0 Å². The highest BCUT2D eigenvalue weighted by Crippen LogP contribution is 2.28. The van der Waals surface area contributed by atoms with E-state index in [2.05, 4.69) is 0 Å². The van der Waals surface area contributed by atoms with Gasteiger partial charge in [-0.25, -0.2) is 12.8 Å². The third kappa shape index (κ3) is 2.72. The van der Waals surface area contributed by atoms with Crippen molar-refractivity contribution in [1.29, 1.82) is 0 Å². The lowest BCUT2D eigenvalue weighted by molar-refractivity contribution is 0.160. The van der Waals surface area contributed by atoms with Gasteiger partial charge in [-0.1, -0.05) is 25.3 Å². The first-order valence-corrected chi connectivity index (χ1v) is 7.74. The first kappa shape index (κ1) is 13.5. The molecular formula is C13H17FO3S. The van der Waals surface area contributed by atoms with E-state index in [0.717, 1.165) is 25.3 Å². The van der Waals surface area contributed by atoms with E-state index in [9.17, 15) is 17.9 Å². The molecule has 2 unspecified atom stereocenters. The van der Waals surface area contributed by atoms with Crippen molar-refractivity contribution < 1.29 is 17.9 Å². The van der Waals surface area contributed by atoms with E-state index >= 15 is 0 Å². The Labute approximate surface area is 107 Å². The molecule has 0 spiro atoms. The summed E-state index contributed by atoms with van der Waals surface area (Å²) in [4.78, 5) is -0.0338. The molecule has 1 aliphatic carbocycles. The molecule has 2 rings (SSSR count). The van der Waals surface area contributed by atoms with Crippen LogP contribution in [0.25, 0.3) is 0 Å². The third-order valence-electron chi connectivity index (χ3n) is 3.44. The Kier molecular flexibility index (Phi) is 4.02. The standard InChI is InChI=1S/C13H17FO3S/c14-10-5-4-6-11(9-10)18(16,17)13-8-3-1-2-7-12(13)15/h4-6,9,12-13,15H,1-3,7-8H2. The van der Waals surface area contributed by atoms with Crippen LogP contribution in [0.4, 0.5) is 4.39 Å². The lowest BCUT2D eigenvalue weighted by Gasteiger charge is -2.20. The normalized spacial score (nSPS) is 25.7. The molecule has 0 aromatic heterocycles. The van der Waals surface area contributed by atoms with E-state index in [4.69, 9.17) is 0 Å². The summed E-state index contributed by atoms with van der Waals surface area (Å²) in [5.74, 6) is -0.570. The maximum Gasteiger partial charge on any atom is 0.183 e. The fourth-order valence-corrected chi connectivity index (χ4v) is 4.36. The SMILES string of the molecule is O=S(=O)(c1cccc(F)c1)C1CCCCCC1O. The zero-order valence-electron chi connectivity index (χ0n) is 10.0. The van der Waals surface area contributed by atoms with Crippen LogP contribution in [0.2, 0.25) is 0 Å². The highest BCUT2D eigenvalue weighted by molar-refractivity contribution is 7.92. The molecule has 1 aromatic carbocycles. The smallest absolute Gasteiger partial charge is 0.183 e. The molecule has 0 aliphatic heterocycles. The number of aliphatic hydroxyl groups is 1. The second kappa shape index (κ2) is 5.36. The van der Waals surface area contributed by atoms with Crippen molar-refractivity contribution in [3.05, 3.63) is 30.1 Å². The lowest BCUT2D eigenvalue weighted by Crippen LogP contribution is -2.33. The average molecular weight is 272 g/mol. The van der Waals surface area contributed by atoms with E-state index < -0.39 is 27.0 Å². The molecule has 18 heavy (non-hydrogen) atoms. The van der Waals surface area contributed by atoms with Crippen LogP contribution in [0.1, 0.15) is 32.1 Å². The van der Waals surface area contributed by atoms with Gasteiger partial charge in [0.2, 0.25) is 0 Å². The summed E-state index contributed by atoms with van der Waals surface area (Å²) in [7, 11) is -3.65. The molecule has 0 bridgehead atoms. The second-order valence-electron chi connectivity index (χ2n) is 4.75. The van der Waals surface area contributed by atoms with Crippen LogP contribution >= 0.6 is 0 Å². The molecule has 2 atom stereocenters. The molecule has 0 radical (unpaired) electrons. The van der Waals surface area contributed by atoms with Crippen LogP contribution in [-0.4, -0.2) is 24.9 Å². The van der Waals surface area contributed by atoms with Crippen LogP contribution in [-0.2, 0) is 9.84 Å². The van der Waals surface area contributed by atoms with Crippen molar-refractivity contribution in [2.45, 2.75) is 48.4 Å². The molecule has 1 N–H and O–H groups in total. The Balaban J connectivity index is 2.35.